The number of rotatable bonds is 2. The van der Waals surface area contributed by atoms with E-state index in [-0.39, 0.29) is 6.08 Å². The first kappa shape index (κ1) is 8.36. The first-order valence-corrected chi connectivity index (χ1v) is 2.30. The maximum Gasteiger partial charge on any atom is 0.347 e. The van der Waals surface area contributed by atoms with Crippen LogP contribution in [0.5, 0.6) is 0 Å². The molecule has 1 N–H and O–H groups in total. The first-order chi connectivity index (χ1) is 4.04. The summed E-state index contributed by atoms with van der Waals surface area (Å²) in [5.74, 6) is -1.54. The molecule has 0 unspecified atom stereocenters. The summed E-state index contributed by atoms with van der Waals surface area (Å²) in [6.45, 7) is 0. The van der Waals surface area contributed by atoms with Gasteiger partial charge in [0.25, 0.3) is 6.43 Å². The summed E-state index contributed by atoms with van der Waals surface area (Å²) in [6.07, 6.45) is -2.65. The number of carboxylic acids is 1. The van der Waals surface area contributed by atoms with Gasteiger partial charge in [0.05, 0.1) is 0 Å². The van der Waals surface area contributed by atoms with Crippen LogP contribution in [0.1, 0.15) is 0 Å². The van der Waals surface area contributed by atoms with Crippen molar-refractivity contribution in [1.82, 2.24) is 0 Å². The highest BCUT2D eigenvalue weighted by molar-refractivity contribution is 6.40. The first-order valence-electron chi connectivity index (χ1n) is 1.93. The average molecular weight is 157 g/mol. The Morgan fingerprint density at radius 3 is 2.22 bits per heavy atom. The van der Waals surface area contributed by atoms with E-state index < -0.39 is 17.4 Å². The third-order valence-electron chi connectivity index (χ3n) is 0.477. The highest BCUT2D eigenvalue weighted by Gasteiger charge is 2.05. The Balaban J connectivity index is 4.00. The van der Waals surface area contributed by atoms with E-state index in [1.165, 1.54) is 0 Å². The SMILES string of the molecule is O=C(O)/C(Cl)=C/C(F)F. The minimum Gasteiger partial charge on any atom is -0.477 e. The third kappa shape index (κ3) is 3.90. The minimum absolute atomic E-state index is 0.157. The van der Waals surface area contributed by atoms with Gasteiger partial charge in [0.15, 0.2) is 0 Å². The molecule has 0 radical (unpaired) electrons. The number of hydrogen-bond donors (Lipinski definition) is 1. The van der Waals surface area contributed by atoms with Gasteiger partial charge in [0, 0.05) is 6.08 Å². The van der Waals surface area contributed by atoms with Crippen molar-refractivity contribution in [3.05, 3.63) is 11.1 Å². The van der Waals surface area contributed by atoms with Crippen LogP contribution in [0.2, 0.25) is 0 Å². The molecule has 5 heteroatoms. The van der Waals surface area contributed by atoms with Crippen LogP contribution in [0.3, 0.4) is 0 Å². The Labute approximate surface area is 54.7 Å². The van der Waals surface area contributed by atoms with Gasteiger partial charge in [0.1, 0.15) is 5.03 Å². The Hall–Kier alpha value is -0.640. The van der Waals surface area contributed by atoms with Crippen molar-refractivity contribution in [2.45, 2.75) is 6.43 Å². The van der Waals surface area contributed by atoms with Gasteiger partial charge in [-0.25, -0.2) is 13.6 Å². The molecule has 0 aromatic rings. The van der Waals surface area contributed by atoms with Crippen LogP contribution < -0.4 is 0 Å². The van der Waals surface area contributed by atoms with Gasteiger partial charge in [-0.3, -0.25) is 0 Å². The largest absolute Gasteiger partial charge is 0.477 e. The van der Waals surface area contributed by atoms with Gasteiger partial charge in [0.2, 0.25) is 0 Å². The monoisotopic (exact) mass is 156 g/mol. The summed E-state index contributed by atoms with van der Waals surface area (Å²) >= 11 is 4.79. The van der Waals surface area contributed by atoms with E-state index in [2.05, 4.69) is 0 Å². The van der Waals surface area contributed by atoms with Crippen LogP contribution in [-0.2, 0) is 4.79 Å². The molecule has 52 valence electrons. The predicted octanol–water partition coefficient (Wildman–Crippen LogP) is 1.46. The van der Waals surface area contributed by atoms with Crippen LogP contribution in [-0.4, -0.2) is 17.5 Å². The van der Waals surface area contributed by atoms with E-state index >= 15 is 0 Å². The number of hydrogen-bond acceptors (Lipinski definition) is 1. The van der Waals surface area contributed by atoms with E-state index in [1.54, 1.807) is 0 Å². The lowest BCUT2D eigenvalue weighted by molar-refractivity contribution is -0.132. The molecule has 0 aliphatic heterocycles. The maximum atomic E-state index is 11.2. The quantitative estimate of drug-likeness (QED) is 0.615. The lowest BCUT2D eigenvalue weighted by Gasteiger charge is -1.87. The van der Waals surface area contributed by atoms with Crippen LogP contribution >= 0.6 is 11.6 Å². The topological polar surface area (TPSA) is 37.3 Å². The van der Waals surface area contributed by atoms with Crippen molar-refractivity contribution < 1.29 is 18.7 Å². The van der Waals surface area contributed by atoms with Gasteiger partial charge in [-0.2, -0.15) is 0 Å². The molecule has 0 fully saturated rings. The van der Waals surface area contributed by atoms with Crippen molar-refractivity contribution in [3.63, 3.8) is 0 Å². The minimum atomic E-state index is -2.81. The van der Waals surface area contributed by atoms with Crippen molar-refractivity contribution in [1.29, 1.82) is 0 Å². The molecular formula is C4H3ClF2O2. The molecule has 0 saturated heterocycles. The van der Waals surface area contributed by atoms with E-state index in [4.69, 9.17) is 16.7 Å². The van der Waals surface area contributed by atoms with Crippen LogP contribution in [0.25, 0.3) is 0 Å². The zero-order valence-electron chi connectivity index (χ0n) is 4.14. The molecular weight excluding hydrogens is 153 g/mol. The fraction of sp³-hybridized carbons (Fsp3) is 0.250. The van der Waals surface area contributed by atoms with Gasteiger partial charge in [-0.1, -0.05) is 11.6 Å². The van der Waals surface area contributed by atoms with E-state index in [1.807, 2.05) is 0 Å². The normalized spacial score (nSPS) is 12.2. The fourth-order valence-electron chi connectivity index (χ4n) is 0.182. The summed E-state index contributed by atoms with van der Waals surface area (Å²) < 4.78 is 22.4. The molecule has 0 saturated carbocycles. The van der Waals surface area contributed by atoms with Gasteiger partial charge in [-0.05, 0) is 0 Å². The van der Waals surface area contributed by atoms with Crippen LogP contribution in [0.4, 0.5) is 8.78 Å². The highest BCUT2D eigenvalue weighted by atomic mass is 35.5. The molecule has 0 heterocycles. The average Bonchev–Trinajstić information content (AvgIpc) is 1.63. The highest BCUT2D eigenvalue weighted by Crippen LogP contribution is 2.05. The summed E-state index contributed by atoms with van der Waals surface area (Å²) in [5, 5.41) is 7.04. The standard InChI is InChI=1S/C4H3ClF2O2/c5-2(4(8)9)1-3(6)7/h1,3H,(H,8,9)/b2-1-. The number of alkyl halides is 2. The Bertz CT molecular complexity index is 144. The number of halogens is 3. The van der Waals surface area contributed by atoms with Crippen molar-refractivity contribution in [3.8, 4) is 0 Å². The van der Waals surface area contributed by atoms with Crippen LogP contribution in [0.15, 0.2) is 11.1 Å². The molecule has 0 rings (SSSR count). The molecule has 0 aromatic carbocycles. The predicted molar refractivity (Wildman–Crippen MR) is 27.6 cm³/mol. The summed E-state index contributed by atoms with van der Waals surface area (Å²) in [6, 6.07) is 0. The third-order valence-corrected chi connectivity index (χ3v) is 0.764. The molecule has 0 atom stereocenters. The number of allylic oxidation sites excluding steroid dienone is 1. The molecule has 9 heavy (non-hydrogen) atoms. The molecule has 0 aliphatic carbocycles. The molecule has 0 spiro atoms. The van der Waals surface area contributed by atoms with Crippen molar-refractivity contribution >= 4 is 17.6 Å². The smallest absolute Gasteiger partial charge is 0.347 e. The zero-order chi connectivity index (χ0) is 7.44. The van der Waals surface area contributed by atoms with Crippen LogP contribution in [0, 0.1) is 0 Å². The Kier molecular flexibility index (Phi) is 3.16. The van der Waals surface area contributed by atoms with E-state index in [0.29, 0.717) is 0 Å². The number of aliphatic carboxylic acids is 1. The summed E-state index contributed by atoms with van der Waals surface area (Å²) in [5.41, 5.74) is 0. The van der Waals surface area contributed by atoms with Gasteiger partial charge >= 0.3 is 5.97 Å². The Morgan fingerprint density at radius 1 is 1.67 bits per heavy atom. The molecule has 2 nitrogen and oxygen atoms in total. The maximum absolute atomic E-state index is 11.2. The van der Waals surface area contributed by atoms with Gasteiger partial charge in [-0.15, -0.1) is 0 Å². The molecule has 0 aliphatic rings. The lowest BCUT2D eigenvalue weighted by atomic mass is 10.5. The van der Waals surface area contributed by atoms with Crippen molar-refractivity contribution in [2.24, 2.45) is 0 Å². The second-order valence-corrected chi connectivity index (χ2v) is 1.56. The number of carbonyl (C=O) groups is 1. The fourth-order valence-corrected chi connectivity index (χ4v) is 0.277. The summed E-state index contributed by atoms with van der Waals surface area (Å²) in [4.78, 5) is 9.70. The summed E-state index contributed by atoms with van der Waals surface area (Å²) in [7, 11) is 0. The zero-order valence-corrected chi connectivity index (χ0v) is 4.90. The van der Waals surface area contributed by atoms with E-state index in [0.717, 1.165) is 0 Å². The molecule has 0 amide bonds. The van der Waals surface area contributed by atoms with Gasteiger partial charge < -0.3 is 5.11 Å². The second-order valence-electron chi connectivity index (χ2n) is 1.15. The lowest BCUT2D eigenvalue weighted by Crippen LogP contribution is -1.96. The Morgan fingerprint density at radius 2 is 2.11 bits per heavy atom. The molecule has 0 aromatic heterocycles. The molecule has 0 bridgehead atoms. The van der Waals surface area contributed by atoms with E-state index in [9.17, 15) is 13.6 Å². The van der Waals surface area contributed by atoms with Crippen molar-refractivity contribution in [2.75, 3.05) is 0 Å². The second kappa shape index (κ2) is 3.40. The number of carboxylic acid groups (broad SMARTS) is 1.